The van der Waals surface area contributed by atoms with Gasteiger partial charge in [0.1, 0.15) is 12.1 Å². The van der Waals surface area contributed by atoms with Crippen LogP contribution in [-0.2, 0) is 0 Å². The lowest BCUT2D eigenvalue weighted by atomic mass is 9.94. The molecule has 1 heterocycles. The molecule has 1 aromatic carbocycles. The van der Waals surface area contributed by atoms with Crippen molar-refractivity contribution in [3.63, 3.8) is 0 Å². The number of anilines is 1. The molecule has 0 amide bonds. The van der Waals surface area contributed by atoms with Crippen LogP contribution in [0, 0.1) is 13.8 Å². The minimum Gasteiger partial charge on any atom is -0.370 e. The summed E-state index contributed by atoms with van der Waals surface area (Å²) in [5.74, 6) is 1.35. The average Bonchev–Trinajstić information content (AvgIpc) is 2.44. The summed E-state index contributed by atoms with van der Waals surface area (Å²) in [4.78, 5) is 9.03. The van der Waals surface area contributed by atoms with Gasteiger partial charge in [-0.05, 0) is 31.7 Å². The molecule has 0 unspecified atom stereocenters. The van der Waals surface area contributed by atoms with E-state index in [2.05, 4.69) is 68.1 Å². The van der Waals surface area contributed by atoms with Crippen LogP contribution >= 0.6 is 0 Å². The van der Waals surface area contributed by atoms with Crippen LogP contribution in [0.1, 0.15) is 49.8 Å². The van der Waals surface area contributed by atoms with Crippen molar-refractivity contribution >= 4 is 5.82 Å². The Hall–Kier alpha value is -1.90. The number of rotatable bonds is 5. The van der Waals surface area contributed by atoms with E-state index in [1.807, 2.05) is 0 Å². The Kier molecular flexibility index (Phi) is 4.94. The van der Waals surface area contributed by atoms with Gasteiger partial charge in [-0.1, -0.05) is 44.5 Å². The van der Waals surface area contributed by atoms with Crippen molar-refractivity contribution in [1.82, 2.24) is 9.97 Å². The van der Waals surface area contributed by atoms with Gasteiger partial charge >= 0.3 is 0 Å². The highest BCUT2D eigenvalue weighted by Crippen LogP contribution is 2.33. The van der Waals surface area contributed by atoms with Gasteiger partial charge in [0.05, 0.1) is 5.69 Å². The lowest BCUT2D eigenvalue weighted by molar-refractivity contribution is 0.843. The van der Waals surface area contributed by atoms with Gasteiger partial charge in [0.2, 0.25) is 0 Å². The summed E-state index contributed by atoms with van der Waals surface area (Å²) in [6.45, 7) is 11.8. The van der Waals surface area contributed by atoms with Crippen LogP contribution in [0.4, 0.5) is 5.82 Å². The first-order chi connectivity index (χ1) is 10.0. The zero-order valence-corrected chi connectivity index (χ0v) is 13.7. The number of aryl methyl sites for hydroxylation is 2. The smallest absolute Gasteiger partial charge is 0.133 e. The van der Waals surface area contributed by atoms with Crippen molar-refractivity contribution in [2.24, 2.45) is 0 Å². The molecule has 0 saturated heterocycles. The zero-order chi connectivity index (χ0) is 15.4. The molecule has 1 N–H and O–H groups in total. The lowest BCUT2D eigenvalue weighted by Gasteiger charge is -2.18. The maximum atomic E-state index is 4.58. The van der Waals surface area contributed by atoms with Crippen molar-refractivity contribution < 1.29 is 0 Å². The molecule has 3 heteroatoms. The normalized spacial score (nSPS) is 11.0. The Balaban J connectivity index is 2.57. The summed E-state index contributed by atoms with van der Waals surface area (Å²) in [5, 5.41) is 3.43. The highest BCUT2D eigenvalue weighted by Gasteiger charge is 2.17. The minimum absolute atomic E-state index is 0.376. The van der Waals surface area contributed by atoms with E-state index in [4.69, 9.17) is 0 Å². The number of hydrogen-bond donors (Lipinski definition) is 1. The minimum atomic E-state index is 0.376. The van der Waals surface area contributed by atoms with Crippen molar-refractivity contribution in [1.29, 1.82) is 0 Å². The molecular formula is C18H25N3. The first-order valence-corrected chi connectivity index (χ1v) is 7.71. The summed E-state index contributed by atoms with van der Waals surface area (Å²) in [6, 6.07) is 6.52. The van der Waals surface area contributed by atoms with Gasteiger partial charge in [-0.3, -0.25) is 0 Å². The fourth-order valence-corrected chi connectivity index (χ4v) is 2.62. The van der Waals surface area contributed by atoms with Gasteiger partial charge in [-0.15, -0.1) is 0 Å². The Morgan fingerprint density at radius 1 is 1.14 bits per heavy atom. The molecule has 112 valence electrons. The molecule has 0 aliphatic heterocycles. The molecular weight excluding hydrogens is 258 g/mol. The molecule has 0 fully saturated rings. The quantitative estimate of drug-likeness (QED) is 0.863. The predicted octanol–water partition coefficient (Wildman–Crippen LogP) is 4.71. The van der Waals surface area contributed by atoms with Crippen molar-refractivity contribution in [3.05, 3.63) is 41.2 Å². The van der Waals surface area contributed by atoms with E-state index in [0.717, 1.165) is 24.5 Å². The maximum absolute atomic E-state index is 4.58. The van der Waals surface area contributed by atoms with E-state index in [9.17, 15) is 0 Å². The van der Waals surface area contributed by atoms with Gasteiger partial charge in [0, 0.05) is 17.7 Å². The van der Waals surface area contributed by atoms with Crippen LogP contribution in [0.2, 0.25) is 0 Å². The second-order valence-corrected chi connectivity index (χ2v) is 5.88. The van der Waals surface area contributed by atoms with Crippen LogP contribution in [0.25, 0.3) is 11.3 Å². The summed E-state index contributed by atoms with van der Waals surface area (Å²) in [5.41, 5.74) is 6.00. The van der Waals surface area contributed by atoms with Gasteiger partial charge < -0.3 is 5.32 Å². The van der Waals surface area contributed by atoms with Crippen molar-refractivity contribution in [3.8, 4) is 11.3 Å². The number of aromatic nitrogens is 2. The molecule has 0 aliphatic rings. The highest BCUT2D eigenvalue weighted by atomic mass is 15.0. The van der Waals surface area contributed by atoms with Crippen molar-refractivity contribution in [2.75, 3.05) is 11.9 Å². The predicted molar refractivity (Wildman–Crippen MR) is 89.8 cm³/mol. The van der Waals surface area contributed by atoms with Crippen LogP contribution < -0.4 is 5.32 Å². The van der Waals surface area contributed by atoms with Crippen molar-refractivity contribution in [2.45, 2.75) is 47.0 Å². The van der Waals surface area contributed by atoms with E-state index in [0.29, 0.717) is 5.92 Å². The maximum Gasteiger partial charge on any atom is 0.133 e. The zero-order valence-electron chi connectivity index (χ0n) is 13.7. The molecule has 0 saturated carbocycles. The monoisotopic (exact) mass is 283 g/mol. The summed E-state index contributed by atoms with van der Waals surface area (Å²) >= 11 is 0. The van der Waals surface area contributed by atoms with Gasteiger partial charge in [0.15, 0.2) is 0 Å². The van der Waals surface area contributed by atoms with Gasteiger partial charge in [-0.2, -0.15) is 0 Å². The van der Waals surface area contributed by atoms with Gasteiger partial charge in [-0.25, -0.2) is 9.97 Å². The number of nitrogens with zero attached hydrogens (tertiary/aromatic N) is 2. The summed E-state index contributed by atoms with van der Waals surface area (Å²) < 4.78 is 0. The summed E-state index contributed by atoms with van der Waals surface area (Å²) in [6.07, 6.45) is 2.75. The molecule has 1 aromatic heterocycles. The third-order valence-corrected chi connectivity index (χ3v) is 3.64. The van der Waals surface area contributed by atoms with E-state index >= 15 is 0 Å². The third kappa shape index (κ3) is 3.41. The number of benzene rings is 1. The molecule has 0 aliphatic carbocycles. The van der Waals surface area contributed by atoms with Crippen LogP contribution in [0.3, 0.4) is 0 Å². The largest absolute Gasteiger partial charge is 0.370 e. The topological polar surface area (TPSA) is 37.8 Å². The molecule has 2 aromatic rings. The second kappa shape index (κ2) is 6.70. The number of nitrogens with one attached hydrogen (secondary N) is 1. The van der Waals surface area contributed by atoms with E-state index in [1.54, 1.807) is 6.33 Å². The molecule has 3 nitrogen and oxygen atoms in total. The lowest BCUT2D eigenvalue weighted by Crippen LogP contribution is -2.09. The van der Waals surface area contributed by atoms with Crippen LogP contribution in [-0.4, -0.2) is 16.5 Å². The van der Waals surface area contributed by atoms with Gasteiger partial charge in [0.25, 0.3) is 0 Å². The Bertz CT molecular complexity index is 618. The molecule has 0 atom stereocenters. The fourth-order valence-electron chi connectivity index (χ4n) is 2.62. The highest BCUT2D eigenvalue weighted by molar-refractivity contribution is 5.72. The molecule has 0 spiro atoms. The van der Waals surface area contributed by atoms with E-state index in [-0.39, 0.29) is 0 Å². The SMILES string of the molecule is CCCNc1ncnc(-c2ccc(C)cc2C)c1C(C)C. The van der Waals surface area contributed by atoms with Crippen LogP contribution in [0.5, 0.6) is 0 Å². The first kappa shape index (κ1) is 15.5. The Morgan fingerprint density at radius 2 is 1.90 bits per heavy atom. The molecule has 0 radical (unpaired) electrons. The Morgan fingerprint density at radius 3 is 2.52 bits per heavy atom. The van der Waals surface area contributed by atoms with E-state index in [1.165, 1.54) is 22.3 Å². The van der Waals surface area contributed by atoms with Crippen LogP contribution in [0.15, 0.2) is 24.5 Å². The first-order valence-electron chi connectivity index (χ1n) is 7.71. The third-order valence-electron chi connectivity index (χ3n) is 3.64. The number of hydrogen-bond acceptors (Lipinski definition) is 3. The standard InChI is InChI=1S/C18H25N3/c1-6-9-19-18-16(12(2)3)17(20-11-21-18)15-8-7-13(4)10-14(15)5/h7-8,10-12H,6,9H2,1-5H3,(H,19,20,21). The summed E-state index contributed by atoms with van der Waals surface area (Å²) in [7, 11) is 0. The van der Waals surface area contributed by atoms with E-state index < -0.39 is 0 Å². The average molecular weight is 283 g/mol. The molecule has 21 heavy (non-hydrogen) atoms. The fraction of sp³-hybridized carbons (Fsp3) is 0.444. The molecule has 0 bridgehead atoms. The Labute approximate surface area is 127 Å². The molecule has 2 rings (SSSR count). The second-order valence-electron chi connectivity index (χ2n) is 5.88.